The summed E-state index contributed by atoms with van der Waals surface area (Å²) < 4.78 is 8.78. The minimum absolute atomic E-state index is 0.846. The van der Waals surface area contributed by atoms with Gasteiger partial charge in [-0.05, 0) is 78.1 Å². The van der Waals surface area contributed by atoms with Crippen molar-refractivity contribution >= 4 is 49.3 Å². The molecule has 4 nitrogen and oxygen atoms in total. The first-order valence-corrected chi connectivity index (χ1v) is 16.0. The van der Waals surface area contributed by atoms with Crippen LogP contribution in [-0.2, 0) is 12.8 Å². The van der Waals surface area contributed by atoms with Crippen LogP contribution in [0.5, 0.6) is 0 Å². The molecule has 3 aromatic heterocycles. The van der Waals surface area contributed by atoms with Crippen molar-refractivity contribution < 1.29 is 4.42 Å². The third-order valence-electron chi connectivity index (χ3n) is 9.05. The summed E-state index contributed by atoms with van der Waals surface area (Å²) in [6, 6.07) is 37.1. The molecule has 8 aromatic rings. The van der Waals surface area contributed by atoms with E-state index in [2.05, 4.69) is 126 Å². The van der Waals surface area contributed by atoms with Crippen LogP contribution in [-0.4, -0.2) is 14.6 Å². The molecule has 0 atom stereocenters. The van der Waals surface area contributed by atoms with Crippen LogP contribution in [0.2, 0.25) is 0 Å². The van der Waals surface area contributed by atoms with Crippen molar-refractivity contribution in [3.05, 3.63) is 114 Å². The van der Waals surface area contributed by atoms with E-state index in [4.69, 9.17) is 9.52 Å². The molecule has 5 aromatic carbocycles. The van der Waals surface area contributed by atoms with Gasteiger partial charge in [-0.1, -0.05) is 99.5 Å². The largest absolute Gasteiger partial charge is 0.455 e. The van der Waals surface area contributed by atoms with Gasteiger partial charge in [0.1, 0.15) is 11.2 Å². The number of nitrogens with zero attached hydrogens (tertiary/aromatic N) is 3. The van der Waals surface area contributed by atoms with Gasteiger partial charge >= 0.3 is 0 Å². The van der Waals surface area contributed by atoms with E-state index in [1.54, 1.807) is 0 Å². The van der Waals surface area contributed by atoms with Gasteiger partial charge in [-0.15, -0.1) is 10.2 Å². The van der Waals surface area contributed by atoms with Crippen LogP contribution in [0, 0.1) is 0 Å². The zero-order valence-electron chi connectivity index (χ0n) is 25.3. The molecule has 4 heteroatoms. The molecule has 0 aliphatic carbocycles. The zero-order chi connectivity index (χ0) is 29.6. The van der Waals surface area contributed by atoms with Crippen molar-refractivity contribution in [1.29, 1.82) is 0 Å². The highest BCUT2D eigenvalue weighted by Gasteiger charge is 2.18. The number of aromatic nitrogens is 3. The Balaban J connectivity index is 1.27. The number of hydrogen-bond donors (Lipinski definition) is 0. The molecule has 0 saturated carbocycles. The second-order valence-corrected chi connectivity index (χ2v) is 12.0. The topological polar surface area (TPSA) is 43.3 Å². The molecule has 0 saturated heterocycles. The van der Waals surface area contributed by atoms with Crippen LogP contribution < -0.4 is 0 Å². The maximum atomic E-state index is 6.58. The van der Waals surface area contributed by atoms with Gasteiger partial charge in [0.25, 0.3) is 0 Å². The second kappa shape index (κ2) is 10.9. The van der Waals surface area contributed by atoms with Gasteiger partial charge in [-0.2, -0.15) is 0 Å². The smallest absolute Gasteiger partial charge is 0.169 e. The third-order valence-corrected chi connectivity index (χ3v) is 9.05. The summed E-state index contributed by atoms with van der Waals surface area (Å²) in [4.78, 5) is 0. The number of rotatable bonds is 8. The lowest BCUT2D eigenvalue weighted by molar-refractivity contribution is 0.669. The average molecular weight is 574 g/mol. The fourth-order valence-electron chi connectivity index (χ4n) is 6.74. The maximum absolute atomic E-state index is 6.58. The minimum Gasteiger partial charge on any atom is -0.455 e. The molecule has 0 amide bonds. The van der Waals surface area contributed by atoms with E-state index in [9.17, 15) is 0 Å². The fraction of sp³-hybridized carbons (Fsp3) is 0.200. The number of furan rings is 1. The summed E-state index contributed by atoms with van der Waals surface area (Å²) in [6.45, 7) is 4.50. The molecular weight excluding hydrogens is 538 g/mol. The van der Waals surface area contributed by atoms with Crippen LogP contribution in [0.4, 0.5) is 0 Å². The van der Waals surface area contributed by atoms with Gasteiger partial charge in [0, 0.05) is 32.7 Å². The highest BCUT2D eigenvalue weighted by atomic mass is 16.3. The van der Waals surface area contributed by atoms with Gasteiger partial charge in [0.2, 0.25) is 0 Å². The SMILES string of the molecule is CCCCc1ccc2oc3c(-c4ccc(-c5nnc6c7ccccc7c7ccccc7n56)cc4)cc(CCCC)cc3c2c1. The lowest BCUT2D eigenvalue weighted by atomic mass is 9.95. The number of hydrogen-bond acceptors (Lipinski definition) is 3. The Bertz CT molecular complexity index is 2310. The van der Waals surface area contributed by atoms with Crippen molar-refractivity contribution in [3.8, 4) is 22.5 Å². The summed E-state index contributed by atoms with van der Waals surface area (Å²) in [7, 11) is 0. The van der Waals surface area contributed by atoms with Gasteiger partial charge < -0.3 is 4.42 Å². The summed E-state index contributed by atoms with van der Waals surface area (Å²) >= 11 is 0. The average Bonchev–Trinajstić information content (AvgIpc) is 3.69. The summed E-state index contributed by atoms with van der Waals surface area (Å²) in [5, 5.41) is 15.3. The normalized spacial score (nSPS) is 12.0. The Morgan fingerprint density at radius 2 is 1.27 bits per heavy atom. The van der Waals surface area contributed by atoms with E-state index >= 15 is 0 Å². The molecule has 0 aliphatic rings. The molecule has 216 valence electrons. The van der Waals surface area contributed by atoms with E-state index < -0.39 is 0 Å². The van der Waals surface area contributed by atoms with Crippen LogP contribution in [0.15, 0.2) is 108 Å². The first-order chi connectivity index (χ1) is 21.7. The Morgan fingerprint density at radius 3 is 2.07 bits per heavy atom. The van der Waals surface area contributed by atoms with Gasteiger partial charge in [-0.3, -0.25) is 4.40 Å². The third kappa shape index (κ3) is 4.36. The predicted molar refractivity (Wildman–Crippen MR) is 183 cm³/mol. The maximum Gasteiger partial charge on any atom is 0.169 e. The van der Waals surface area contributed by atoms with Crippen LogP contribution in [0.1, 0.15) is 50.7 Å². The number of pyridine rings is 1. The Hall–Kier alpha value is -4.96. The van der Waals surface area contributed by atoms with E-state index in [1.807, 2.05) is 0 Å². The van der Waals surface area contributed by atoms with Crippen LogP contribution in [0.3, 0.4) is 0 Å². The summed E-state index contributed by atoms with van der Waals surface area (Å²) in [5.74, 6) is 0.846. The molecule has 0 fully saturated rings. The first-order valence-electron chi connectivity index (χ1n) is 16.0. The quantitative estimate of drug-likeness (QED) is 0.170. The number of para-hydroxylation sites is 1. The molecule has 0 aliphatic heterocycles. The molecular formula is C40H35N3O. The van der Waals surface area contributed by atoms with Crippen molar-refractivity contribution in [2.75, 3.05) is 0 Å². The van der Waals surface area contributed by atoms with E-state index in [1.165, 1.54) is 58.4 Å². The number of aryl methyl sites for hydroxylation is 2. The number of fused-ring (bicyclic) bond motifs is 9. The number of benzene rings is 5. The lowest BCUT2D eigenvalue weighted by Gasteiger charge is -2.10. The van der Waals surface area contributed by atoms with Crippen molar-refractivity contribution in [2.45, 2.75) is 52.4 Å². The van der Waals surface area contributed by atoms with Crippen molar-refractivity contribution in [1.82, 2.24) is 14.6 Å². The van der Waals surface area contributed by atoms with Gasteiger partial charge in [0.15, 0.2) is 11.5 Å². The highest BCUT2D eigenvalue weighted by molar-refractivity contribution is 6.12. The summed E-state index contributed by atoms with van der Waals surface area (Å²) in [5.41, 5.74) is 9.98. The minimum atomic E-state index is 0.846. The molecule has 0 N–H and O–H groups in total. The highest BCUT2D eigenvalue weighted by Crippen LogP contribution is 2.39. The van der Waals surface area contributed by atoms with Gasteiger partial charge in [0.05, 0.1) is 5.52 Å². The zero-order valence-corrected chi connectivity index (χ0v) is 25.3. The molecule has 44 heavy (non-hydrogen) atoms. The fourth-order valence-corrected chi connectivity index (χ4v) is 6.74. The second-order valence-electron chi connectivity index (χ2n) is 12.0. The van der Waals surface area contributed by atoms with Crippen molar-refractivity contribution in [2.24, 2.45) is 0 Å². The van der Waals surface area contributed by atoms with E-state index in [0.29, 0.717) is 0 Å². The molecule has 0 bridgehead atoms. The lowest BCUT2D eigenvalue weighted by Crippen LogP contribution is -1.94. The standard InChI is InChI=1S/C40H35N3O/c1-3-5-11-26-17-22-37-34(23-26)35-25-27(12-6-4-2)24-33(38(35)44-37)28-18-20-29(21-19-28)39-41-42-40-32-15-8-7-13-30(32)31-14-9-10-16-36(31)43(39)40/h7-10,13-25H,3-6,11-12H2,1-2H3. The monoisotopic (exact) mass is 573 g/mol. The van der Waals surface area contributed by atoms with E-state index in [-0.39, 0.29) is 0 Å². The molecule has 0 radical (unpaired) electrons. The van der Waals surface area contributed by atoms with Gasteiger partial charge in [-0.25, -0.2) is 0 Å². The van der Waals surface area contributed by atoms with Crippen LogP contribution >= 0.6 is 0 Å². The van der Waals surface area contributed by atoms with Crippen LogP contribution in [0.25, 0.3) is 71.8 Å². The summed E-state index contributed by atoms with van der Waals surface area (Å²) in [6.07, 6.45) is 6.91. The predicted octanol–water partition coefficient (Wildman–Crippen LogP) is 11.0. The molecule has 8 rings (SSSR count). The molecule has 0 unspecified atom stereocenters. The Morgan fingerprint density at radius 1 is 0.591 bits per heavy atom. The first kappa shape index (κ1) is 26.7. The Kier molecular flexibility index (Phi) is 6.63. The molecule has 3 heterocycles. The number of unbranched alkanes of at least 4 members (excludes halogenated alkanes) is 2. The molecule has 0 spiro atoms. The van der Waals surface area contributed by atoms with Crippen molar-refractivity contribution in [3.63, 3.8) is 0 Å². The van der Waals surface area contributed by atoms with E-state index in [0.717, 1.165) is 63.1 Å². The Labute approximate surface area is 257 Å².